The summed E-state index contributed by atoms with van der Waals surface area (Å²) in [6.07, 6.45) is 8.08. The van der Waals surface area contributed by atoms with E-state index in [0.29, 0.717) is 24.1 Å². The molecule has 3 aromatic heterocycles. The van der Waals surface area contributed by atoms with Crippen LogP contribution in [-0.4, -0.2) is 66.7 Å². The predicted molar refractivity (Wildman–Crippen MR) is 197 cm³/mol. The maximum absolute atomic E-state index is 13.0. The van der Waals surface area contributed by atoms with Crippen molar-refractivity contribution >= 4 is 45.3 Å². The first-order chi connectivity index (χ1) is 25.6. The summed E-state index contributed by atoms with van der Waals surface area (Å²) in [6.45, 7) is 2.09. The van der Waals surface area contributed by atoms with Gasteiger partial charge in [0.25, 0.3) is 12.3 Å². The molecule has 0 spiro atoms. The molecule has 3 amide bonds. The van der Waals surface area contributed by atoms with E-state index in [2.05, 4.69) is 38.7 Å². The van der Waals surface area contributed by atoms with E-state index in [1.807, 2.05) is 35.1 Å². The van der Waals surface area contributed by atoms with Crippen molar-refractivity contribution < 1.29 is 23.2 Å². The molecule has 0 radical (unpaired) electrons. The second-order valence-electron chi connectivity index (χ2n) is 14.3. The number of imide groups is 1. The Morgan fingerprint density at radius 3 is 2.42 bits per heavy atom. The Hall–Kier alpha value is -5.24. The summed E-state index contributed by atoms with van der Waals surface area (Å²) < 4.78 is 30.8. The topological polar surface area (TPSA) is 136 Å². The number of halogens is 2. The van der Waals surface area contributed by atoms with Crippen molar-refractivity contribution in [2.75, 3.05) is 25.5 Å². The summed E-state index contributed by atoms with van der Waals surface area (Å²) in [6, 6.07) is 15.3. The highest BCUT2D eigenvalue weighted by molar-refractivity contribution is 6.04. The molecule has 12 nitrogen and oxygen atoms in total. The fourth-order valence-electron chi connectivity index (χ4n) is 7.90. The Morgan fingerprint density at radius 2 is 1.68 bits per heavy atom. The first-order valence-electron chi connectivity index (χ1n) is 18.3. The lowest BCUT2D eigenvalue weighted by Gasteiger charge is -2.29. The first-order valence-corrected chi connectivity index (χ1v) is 18.3. The molecule has 2 aromatic carbocycles. The molecule has 5 aromatic rings. The van der Waals surface area contributed by atoms with Crippen LogP contribution < -0.4 is 16.3 Å². The van der Waals surface area contributed by atoms with Crippen molar-refractivity contribution in [3.8, 4) is 0 Å². The van der Waals surface area contributed by atoms with Gasteiger partial charge in [0.15, 0.2) is 0 Å². The standard InChI is InChI=1S/C20H20F2N4O.C19H24N4O3/c21-19(22)17-7-4-8-18(24-17)20(27)23-14-9-10-16-13(11-14)12-26(25-16)15-5-2-1-3-6-15;1-21-10-8-12(9-11-21)13-4-3-5-14-17(13)22(2)19(26)23(14)15-6-7-16(24)20-18(15)25/h4,7-12,15,19H,1-3,5-6H2,(H,23,27);3-5,12,15H,6-11H2,1-2H3,(H,20,24,25). The number of anilines is 1. The highest BCUT2D eigenvalue weighted by Gasteiger charge is 2.32. The average Bonchev–Trinajstić information content (AvgIpc) is 3.70. The molecule has 2 saturated heterocycles. The van der Waals surface area contributed by atoms with Gasteiger partial charge in [0.05, 0.1) is 22.6 Å². The number of pyridine rings is 1. The zero-order chi connectivity index (χ0) is 37.2. The molecule has 1 unspecified atom stereocenters. The van der Waals surface area contributed by atoms with Crippen molar-refractivity contribution in [2.24, 2.45) is 7.05 Å². The number of likely N-dealkylation sites (tertiary alicyclic amines) is 1. The van der Waals surface area contributed by atoms with Crippen LogP contribution in [0.3, 0.4) is 0 Å². The molecule has 5 heterocycles. The minimum absolute atomic E-state index is 0.0363. The van der Waals surface area contributed by atoms with Crippen LogP contribution in [0.1, 0.15) is 104 Å². The number of para-hydroxylation sites is 1. The number of benzene rings is 2. The van der Waals surface area contributed by atoms with Crippen LogP contribution >= 0.6 is 0 Å². The van der Waals surface area contributed by atoms with Gasteiger partial charge in [-0.3, -0.25) is 33.5 Å². The van der Waals surface area contributed by atoms with Crippen LogP contribution in [0.4, 0.5) is 14.5 Å². The van der Waals surface area contributed by atoms with E-state index in [4.69, 9.17) is 0 Å². The van der Waals surface area contributed by atoms with Gasteiger partial charge < -0.3 is 10.2 Å². The summed E-state index contributed by atoms with van der Waals surface area (Å²) in [5.74, 6) is -0.762. The van der Waals surface area contributed by atoms with E-state index < -0.39 is 24.1 Å². The maximum Gasteiger partial charge on any atom is 0.329 e. The third-order valence-electron chi connectivity index (χ3n) is 10.8. The SMILES string of the molecule is CN1CCC(c2cccc3c2n(C)c(=O)n3C2CCC(=O)NC2=O)CC1.O=C(Nc1ccc2nn(C3CCCCC3)cc2c1)c1cccc(C(F)F)n1. The lowest BCUT2D eigenvalue weighted by Crippen LogP contribution is -2.44. The minimum Gasteiger partial charge on any atom is -0.321 e. The number of aromatic nitrogens is 5. The van der Waals surface area contributed by atoms with E-state index >= 15 is 0 Å². The van der Waals surface area contributed by atoms with Crippen LogP contribution in [-0.2, 0) is 16.6 Å². The number of hydrogen-bond donors (Lipinski definition) is 2. The zero-order valence-electron chi connectivity index (χ0n) is 29.9. The molecule has 278 valence electrons. The lowest BCUT2D eigenvalue weighted by atomic mass is 9.88. The Bertz CT molecular complexity index is 2210. The average molecular weight is 727 g/mol. The van der Waals surface area contributed by atoms with Crippen LogP contribution in [0.25, 0.3) is 21.9 Å². The Balaban J connectivity index is 0.000000164. The fraction of sp³-hybridized carbons (Fsp3) is 0.436. The summed E-state index contributed by atoms with van der Waals surface area (Å²) in [7, 11) is 3.90. The summed E-state index contributed by atoms with van der Waals surface area (Å²) in [4.78, 5) is 55.1. The number of piperidine rings is 2. The van der Waals surface area contributed by atoms with Crippen LogP contribution in [0.2, 0.25) is 0 Å². The number of hydrogen-bond acceptors (Lipinski definition) is 7. The van der Waals surface area contributed by atoms with Gasteiger partial charge in [0.2, 0.25) is 11.8 Å². The quantitative estimate of drug-likeness (QED) is 0.198. The van der Waals surface area contributed by atoms with Gasteiger partial charge in [-0.25, -0.2) is 18.6 Å². The third-order valence-corrected chi connectivity index (χ3v) is 10.8. The van der Waals surface area contributed by atoms with Crippen molar-refractivity contribution in [3.63, 3.8) is 0 Å². The monoisotopic (exact) mass is 726 g/mol. The van der Waals surface area contributed by atoms with E-state index in [9.17, 15) is 28.0 Å². The van der Waals surface area contributed by atoms with Gasteiger partial charge in [-0.1, -0.05) is 37.5 Å². The highest BCUT2D eigenvalue weighted by atomic mass is 19.3. The summed E-state index contributed by atoms with van der Waals surface area (Å²) in [5.41, 5.74) is 3.69. The number of aryl methyl sites for hydroxylation is 1. The van der Waals surface area contributed by atoms with E-state index in [1.165, 1.54) is 43.0 Å². The number of alkyl halides is 2. The van der Waals surface area contributed by atoms with E-state index in [0.717, 1.165) is 60.7 Å². The second kappa shape index (κ2) is 15.4. The number of nitrogens with one attached hydrogen (secondary N) is 2. The molecule has 8 rings (SSSR count). The highest BCUT2D eigenvalue weighted by Crippen LogP contribution is 2.34. The Kier molecular flexibility index (Phi) is 10.5. The summed E-state index contributed by atoms with van der Waals surface area (Å²) >= 11 is 0. The molecule has 3 aliphatic rings. The molecule has 2 aliphatic heterocycles. The number of fused-ring (bicyclic) bond motifs is 2. The molecule has 53 heavy (non-hydrogen) atoms. The number of rotatable bonds is 6. The maximum atomic E-state index is 13.0. The van der Waals surface area contributed by atoms with Gasteiger partial charge in [0, 0.05) is 30.7 Å². The van der Waals surface area contributed by atoms with Gasteiger partial charge in [-0.2, -0.15) is 5.10 Å². The van der Waals surface area contributed by atoms with Crippen molar-refractivity contribution in [1.29, 1.82) is 0 Å². The van der Waals surface area contributed by atoms with Gasteiger partial charge in [0.1, 0.15) is 17.4 Å². The van der Waals surface area contributed by atoms with E-state index in [1.54, 1.807) is 22.2 Å². The molecule has 1 saturated carbocycles. The normalized spacial score (nSPS) is 19.0. The number of carbonyl (C=O) groups is 3. The molecular formula is C39H44F2N8O4. The fourth-order valence-corrected chi connectivity index (χ4v) is 7.90. The van der Waals surface area contributed by atoms with Crippen molar-refractivity contribution in [1.82, 2.24) is 34.1 Å². The van der Waals surface area contributed by atoms with E-state index in [-0.39, 0.29) is 29.6 Å². The lowest BCUT2D eigenvalue weighted by molar-refractivity contribution is -0.135. The smallest absolute Gasteiger partial charge is 0.321 e. The molecular weight excluding hydrogens is 682 g/mol. The molecule has 14 heteroatoms. The van der Waals surface area contributed by atoms with Crippen LogP contribution in [0.15, 0.2) is 65.6 Å². The Labute approximate surface area is 305 Å². The van der Waals surface area contributed by atoms with Gasteiger partial charge in [-0.15, -0.1) is 0 Å². The number of amides is 3. The van der Waals surface area contributed by atoms with Crippen molar-refractivity contribution in [2.45, 2.75) is 82.2 Å². The van der Waals surface area contributed by atoms with Gasteiger partial charge >= 0.3 is 5.69 Å². The number of carbonyl (C=O) groups excluding carboxylic acids is 3. The number of nitrogens with zero attached hydrogens (tertiary/aromatic N) is 6. The number of imidazole rings is 1. The Morgan fingerprint density at radius 1 is 0.925 bits per heavy atom. The largest absolute Gasteiger partial charge is 0.329 e. The summed E-state index contributed by atoms with van der Waals surface area (Å²) in [5, 5.41) is 10.7. The first kappa shape index (κ1) is 36.1. The van der Waals surface area contributed by atoms with Gasteiger partial charge in [-0.05, 0) is 100 Å². The molecule has 0 bridgehead atoms. The molecule has 3 fully saturated rings. The zero-order valence-corrected chi connectivity index (χ0v) is 29.9. The predicted octanol–water partition coefficient (Wildman–Crippen LogP) is 6.25. The molecule has 2 N–H and O–H groups in total. The van der Waals surface area contributed by atoms with Crippen LogP contribution in [0.5, 0.6) is 0 Å². The van der Waals surface area contributed by atoms with Crippen molar-refractivity contribution in [3.05, 3.63) is 88.2 Å². The molecule has 1 atom stereocenters. The second-order valence-corrected chi connectivity index (χ2v) is 14.3. The van der Waals surface area contributed by atoms with Crippen LogP contribution in [0, 0.1) is 0 Å². The molecule has 1 aliphatic carbocycles. The minimum atomic E-state index is -2.71. The third kappa shape index (κ3) is 7.64.